The maximum Gasteiger partial charge on any atom is 0.185 e. The van der Waals surface area contributed by atoms with Gasteiger partial charge in [-0.2, -0.15) is 10.3 Å². The van der Waals surface area contributed by atoms with Gasteiger partial charge < -0.3 is 18.5 Å². The van der Waals surface area contributed by atoms with Crippen LogP contribution in [0.1, 0.15) is 100 Å². The molecule has 624 valence electrons. The van der Waals surface area contributed by atoms with Gasteiger partial charge in [-0.1, -0.05) is 270 Å². The van der Waals surface area contributed by atoms with Crippen molar-refractivity contribution in [2.75, 3.05) is 23.9 Å². The van der Waals surface area contributed by atoms with Gasteiger partial charge in [-0.25, -0.2) is 24.9 Å². The number of aromatic nitrogens is 14. The van der Waals surface area contributed by atoms with Gasteiger partial charge in [0.1, 0.15) is 6.26 Å². The van der Waals surface area contributed by atoms with Crippen LogP contribution in [0.3, 0.4) is 0 Å². The highest BCUT2D eigenvalue weighted by Gasteiger charge is 2.10. The highest BCUT2D eigenvalue weighted by atomic mass is 33.7. The van der Waals surface area contributed by atoms with E-state index in [4.69, 9.17) is 4.42 Å². The third-order valence-corrected chi connectivity index (χ3v) is 52.1. The van der Waals surface area contributed by atoms with Crippen LogP contribution in [-0.2, 0) is 77.7 Å². The lowest BCUT2D eigenvalue weighted by Crippen LogP contribution is -1.95. The van der Waals surface area contributed by atoms with Crippen molar-refractivity contribution >= 4 is 266 Å². The molecule has 0 spiro atoms. The van der Waals surface area contributed by atoms with E-state index in [0.29, 0.717) is 6.67 Å². The number of allylic oxidation sites excluding steroid dienone is 2. The molecule has 14 rings (SSSR count). The SMILES string of the molecule is C1=NC(CSSSSCc2cnc[nH]2)=CC1.C1=NC(CSSSSCc2cocn2)=CC1.C1N=NC(CSSSSCc2nn[nH]n2)=N1.CCc1ccc(CSSSSCc2ccc(CC)nc2)nc1.c1ccc(CSSSSCc2cccnc2)cc1.c1ccc(Cn2cnc(CSSSSCc3cn(Cc4ccccc4)cn3)c2)cc1. The Hall–Kier alpha value is -2.49. The molecule has 11 aromatic rings. The van der Waals surface area contributed by atoms with Gasteiger partial charge in [0.15, 0.2) is 24.7 Å². The molecule has 20 nitrogen and oxygen atoms in total. The molecule has 3 aliphatic heterocycles. The number of benzene rings is 3. The van der Waals surface area contributed by atoms with Crippen LogP contribution in [0.4, 0.5) is 0 Å². The molecule has 3 aliphatic rings. The average Bonchev–Trinajstić information content (AvgIpc) is 1.73. The lowest BCUT2D eigenvalue weighted by atomic mass is 10.2. The summed E-state index contributed by atoms with van der Waals surface area (Å²) in [7, 11) is 43.2. The quantitative estimate of drug-likeness (QED) is 0.0266. The normalized spacial score (nSPS) is 12.3. The van der Waals surface area contributed by atoms with Gasteiger partial charge in [0.05, 0.1) is 59.0 Å². The fourth-order valence-corrected chi connectivity index (χ4v) is 43.0. The fraction of sp³-hybridized carbons (Fsp3) is 0.284. The molecular formula is C74H83N19OS24. The Kier molecular flexibility index (Phi) is 55.5. The molecule has 0 bridgehead atoms. The first-order valence-corrected chi connectivity index (χ1v) is 66.7. The Morgan fingerprint density at radius 1 is 0.407 bits per heavy atom. The highest BCUT2D eigenvalue weighted by Crippen LogP contribution is 2.49. The summed E-state index contributed by atoms with van der Waals surface area (Å²) in [5.41, 5.74) is 17.0. The molecule has 3 aromatic carbocycles. The monoisotopic (exact) mass is 2020 g/mol. The maximum absolute atomic E-state index is 4.89. The van der Waals surface area contributed by atoms with Crippen molar-refractivity contribution in [2.24, 2.45) is 25.2 Å². The molecule has 0 saturated heterocycles. The Balaban J connectivity index is 0.000000164. The van der Waals surface area contributed by atoms with E-state index in [0.717, 1.165) is 148 Å². The number of imidazole rings is 3. The fourth-order valence-electron chi connectivity index (χ4n) is 8.80. The molecule has 0 aliphatic carbocycles. The summed E-state index contributed by atoms with van der Waals surface area (Å²) in [6, 6.07) is 44.2. The van der Waals surface area contributed by atoms with Crippen molar-refractivity contribution < 1.29 is 4.42 Å². The molecule has 8 aromatic heterocycles. The van der Waals surface area contributed by atoms with E-state index in [1.54, 1.807) is 114 Å². The molecule has 0 radical (unpaired) electrons. The molecule has 0 atom stereocenters. The highest BCUT2D eigenvalue weighted by molar-refractivity contribution is 9.28. The zero-order chi connectivity index (χ0) is 81.7. The number of azo groups is 1. The van der Waals surface area contributed by atoms with E-state index in [-0.39, 0.29) is 0 Å². The lowest BCUT2D eigenvalue weighted by Gasteiger charge is -2.03. The molecular weight excluding hydrogens is 1940 g/mol. The van der Waals surface area contributed by atoms with E-state index < -0.39 is 0 Å². The van der Waals surface area contributed by atoms with Gasteiger partial charge in [0.2, 0.25) is 0 Å². The second kappa shape index (κ2) is 66.0. The summed E-state index contributed by atoms with van der Waals surface area (Å²) in [6.45, 7) is 6.51. The van der Waals surface area contributed by atoms with E-state index >= 15 is 0 Å². The molecule has 11 heterocycles. The van der Waals surface area contributed by atoms with E-state index in [1.807, 2.05) is 221 Å². The van der Waals surface area contributed by atoms with Crippen LogP contribution in [0.15, 0.2) is 256 Å². The minimum absolute atomic E-state index is 0.486. The van der Waals surface area contributed by atoms with Gasteiger partial charge in [-0.05, 0) is 182 Å². The summed E-state index contributed by atoms with van der Waals surface area (Å²) >= 11 is 0. The third kappa shape index (κ3) is 46.6. The van der Waals surface area contributed by atoms with Crippen LogP contribution in [-0.4, -0.2) is 112 Å². The predicted molar refractivity (Wildman–Crippen MR) is 552 cm³/mol. The van der Waals surface area contributed by atoms with Gasteiger partial charge in [0.25, 0.3) is 0 Å². The second-order valence-electron chi connectivity index (χ2n) is 23.2. The number of tetrazole rings is 1. The van der Waals surface area contributed by atoms with E-state index in [1.165, 1.54) is 56.9 Å². The number of pyridine rings is 3. The number of rotatable bonds is 48. The summed E-state index contributed by atoms with van der Waals surface area (Å²) < 4.78 is 9.18. The van der Waals surface area contributed by atoms with Gasteiger partial charge in [-0.15, -0.1) is 15.3 Å². The molecule has 2 N–H and O–H groups in total. The number of hydrogen-bond acceptors (Lipinski definition) is 40. The summed E-state index contributed by atoms with van der Waals surface area (Å²) in [5.74, 6) is 12.8. The predicted octanol–water partition coefficient (Wildman–Crippen LogP) is 28.3. The van der Waals surface area contributed by atoms with Crippen molar-refractivity contribution in [2.45, 2.75) is 104 Å². The standard InChI is InChI=1S/C22H22N4S4.C16H20N2S4.C13H13NS4.C9H11N3S4.C9H10N2OS4.C5H7N7S4/c1-3-7-19(8-4-1)11-25-13-21(23-17-25)15-27-29-30-28-16-22-14-26(18-24-22)12-20-9-5-2-6-10-20;1-3-13-5-8-16(18-9-13)12-20-22-21-19-11-14-6-7-15(4-2)17-10-14;1-2-5-12(6-3-1)10-15-17-18-16-11-13-7-4-8-14-9-13;1-2-8(11-3-1)5-13-15-16-14-6-9-4-10-7-12-9;1-2-8(10-3-1)5-13-15-16-14-6-9-4-12-7-11-9;1(4-6-3-7-8-4)13-15-16-14-2-5-9-11-12-10-5/h1-10,13-14,17-18H,11-12,15-16H2;5-10H,3-4,11-12H2,1-2H3;1-9H,10-11H2;2-4,7H,1,5-6H2,(H,10,12);2-4,7H,1,5-6H2;1-3H2,(H,9,10,11,12). The zero-order valence-corrected chi connectivity index (χ0v) is 83.2. The number of amidine groups is 1. The van der Waals surface area contributed by atoms with E-state index in [2.05, 4.69) is 242 Å². The Bertz CT molecular complexity index is 4180. The first-order valence-electron chi connectivity index (χ1n) is 35.7. The maximum atomic E-state index is 4.89. The minimum atomic E-state index is 0.486. The number of nitrogens with zero attached hydrogens (tertiary/aromatic N) is 17. The topological polar surface area (TPSA) is 245 Å². The Morgan fingerprint density at radius 3 is 1.36 bits per heavy atom. The van der Waals surface area contributed by atoms with E-state index in [9.17, 15) is 0 Å². The first-order chi connectivity index (χ1) is 58.5. The van der Waals surface area contributed by atoms with Crippen molar-refractivity contribution in [3.63, 3.8) is 0 Å². The van der Waals surface area contributed by atoms with Crippen LogP contribution in [0.25, 0.3) is 0 Å². The molecule has 0 amide bonds. The molecule has 0 saturated carbocycles. The van der Waals surface area contributed by atoms with Gasteiger partial charge in [-0.3, -0.25) is 24.9 Å². The van der Waals surface area contributed by atoms with Crippen LogP contribution in [0.2, 0.25) is 0 Å². The summed E-state index contributed by atoms with van der Waals surface area (Å²) in [5, 5.41) is 21.3. The van der Waals surface area contributed by atoms with Crippen molar-refractivity contribution in [1.82, 2.24) is 69.6 Å². The first kappa shape index (κ1) is 99.3. The number of aromatic amines is 2. The summed E-state index contributed by atoms with van der Waals surface area (Å²) in [4.78, 5) is 45.8. The largest absolute Gasteiger partial charge is 0.451 e. The second-order valence-corrected chi connectivity index (χ2v) is 59.2. The average molecular weight is 2020 g/mol. The van der Waals surface area contributed by atoms with Gasteiger partial charge >= 0.3 is 0 Å². The van der Waals surface area contributed by atoms with Crippen LogP contribution < -0.4 is 0 Å². The van der Waals surface area contributed by atoms with Gasteiger partial charge in [0, 0.05) is 156 Å². The lowest BCUT2D eigenvalue weighted by molar-refractivity contribution is 0.557. The molecule has 44 heteroatoms. The Morgan fingerprint density at radius 2 is 0.898 bits per heavy atom. The van der Waals surface area contributed by atoms with Crippen LogP contribution >= 0.6 is 247 Å². The number of hydrogen-bond donors (Lipinski definition) is 2. The van der Waals surface area contributed by atoms with Crippen LogP contribution in [0, 0.1) is 0 Å². The number of aryl methyl sites for hydroxylation is 2. The Labute approximate surface area is 782 Å². The summed E-state index contributed by atoms with van der Waals surface area (Å²) in [6.07, 6.45) is 34.9. The molecule has 118 heavy (non-hydrogen) atoms. The number of oxazole rings is 1. The number of nitrogens with one attached hydrogen (secondary N) is 2. The molecule has 0 unspecified atom stereocenters. The van der Waals surface area contributed by atoms with Crippen molar-refractivity contribution in [3.8, 4) is 0 Å². The smallest absolute Gasteiger partial charge is 0.185 e. The number of aliphatic imine (C=N–C) groups is 3. The van der Waals surface area contributed by atoms with Crippen LogP contribution in [0.5, 0.6) is 0 Å². The number of H-pyrrole nitrogens is 2. The third-order valence-electron chi connectivity index (χ3n) is 14.5. The molecule has 0 fully saturated rings. The van der Waals surface area contributed by atoms with Crippen molar-refractivity contribution in [3.05, 3.63) is 299 Å². The minimum Gasteiger partial charge on any atom is -0.451 e. The van der Waals surface area contributed by atoms with Crippen molar-refractivity contribution in [1.29, 1.82) is 0 Å². The zero-order valence-electron chi connectivity index (χ0n) is 63.6.